The van der Waals surface area contributed by atoms with Crippen molar-refractivity contribution in [1.29, 1.82) is 5.26 Å². The highest BCUT2D eigenvalue weighted by Crippen LogP contribution is 2.28. The fourth-order valence-corrected chi connectivity index (χ4v) is 4.59. The lowest BCUT2D eigenvalue weighted by atomic mass is 9.86. The summed E-state index contributed by atoms with van der Waals surface area (Å²) in [4.78, 5) is 35.4. The number of benzene rings is 1. The van der Waals surface area contributed by atoms with Gasteiger partial charge in [-0.05, 0) is 69.6 Å². The second kappa shape index (κ2) is 15.8. The molecule has 0 saturated carbocycles. The molecule has 196 valence electrons. The number of nitrogens with zero attached hydrogens (tertiary/aromatic N) is 3. The fourth-order valence-electron chi connectivity index (χ4n) is 4.59. The minimum absolute atomic E-state index is 0.0712. The monoisotopic (exact) mass is 497 g/mol. The molecular weight excluding hydrogens is 458 g/mol. The lowest BCUT2D eigenvalue weighted by Crippen LogP contribution is -2.48. The second-order valence-corrected chi connectivity index (χ2v) is 8.97. The van der Waals surface area contributed by atoms with Crippen LogP contribution in [-0.2, 0) is 16.1 Å². The van der Waals surface area contributed by atoms with Crippen LogP contribution in [0.1, 0.15) is 73.4 Å². The zero-order chi connectivity index (χ0) is 26.3. The van der Waals surface area contributed by atoms with Crippen molar-refractivity contribution in [2.24, 2.45) is 4.99 Å². The van der Waals surface area contributed by atoms with Crippen LogP contribution in [0.2, 0.25) is 0 Å². The number of piperidine rings is 1. The third kappa shape index (κ3) is 8.55. The molecule has 0 radical (unpaired) electrons. The maximum atomic E-state index is 12.8. The van der Waals surface area contributed by atoms with E-state index in [-0.39, 0.29) is 30.5 Å². The summed E-state index contributed by atoms with van der Waals surface area (Å²) in [5, 5.41) is 21.9. The number of carbonyl (C=O) groups is 2. The third-order valence-electron chi connectivity index (χ3n) is 6.47. The topological polar surface area (TPSA) is 127 Å². The summed E-state index contributed by atoms with van der Waals surface area (Å²) in [5.74, 6) is 0.233. The molecule has 2 rings (SSSR count). The van der Waals surface area contributed by atoms with E-state index in [4.69, 9.17) is 9.94 Å². The normalized spacial score (nSPS) is 18.0. The van der Waals surface area contributed by atoms with Gasteiger partial charge >= 0.3 is 0 Å². The Balaban J connectivity index is 2.23. The van der Waals surface area contributed by atoms with Crippen LogP contribution < -0.4 is 10.8 Å². The molecule has 36 heavy (non-hydrogen) atoms. The van der Waals surface area contributed by atoms with E-state index in [1.165, 1.54) is 0 Å². The van der Waals surface area contributed by atoms with Gasteiger partial charge in [-0.1, -0.05) is 24.3 Å². The first-order chi connectivity index (χ1) is 17.5. The van der Waals surface area contributed by atoms with E-state index >= 15 is 0 Å². The fraction of sp³-hybridized carbons (Fsp3) is 0.556. The van der Waals surface area contributed by atoms with Crippen molar-refractivity contribution in [3.05, 3.63) is 47.0 Å². The molecule has 1 aromatic carbocycles. The summed E-state index contributed by atoms with van der Waals surface area (Å²) in [5.41, 5.74) is 5.39. The minimum atomic E-state index is -0.512. The van der Waals surface area contributed by atoms with E-state index in [9.17, 15) is 14.9 Å². The number of allylic oxidation sites excluding steroid dienone is 2. The molecule has 2 unspecified atom stereocenters. The number of amides is 1. The number of aliphatic hydroxyl groups is 1. The minimum Gasteiger partial charge on any atom is -0.368 e. The molecule has 1 aliphatic heterocycles. The second-order valence-electron chi connectivity index (χ2n) is 8.97. The van der Waals surface area contributed by atoms with E-state index in [0.29, 0.717) is 24.4 Å². The van der Waals surface area contributed by atoms with Gasteiger partial charge in [-0.25, -0.2) is 4.84 Å². The zero-order valence-corrected chi connectivity index (χ0v) is 21.6. The van der Waals surface area contributed by atoms with Crippen LogP contribution in [0.4, 0.5) is 0 Å². The SMILES string of the molecule is C/C=C/CCc1cc(C=O)ccc1C(C[C@@H](C)NCC(=O)N1CCCCC1C#N)C(=NC)NOCO. The van der Waals surface area contributed by atoms with E-state index in [1.807, 2.05) is 32.1 Å². The van der Waals surface area contributed by atoms with Gasteiger partial charge in [0, 0.05) is 31.1 Å². The molecule has 9 heteroatoms. The maximum absolute atomic E-state index is 12.8. The Morgan fingerprint density at radius 3 is 2.89 bits per heavy atom. The number of carbonyl (C=O) groups excluding carboxylic acids is 2. The van der Waals surface area contributed by atoms with Gasteiger partial charge in [0.2, 0.25) is 5.91 Å². The lowest BCUT2D eigenvalue weighted by Gasteiger charge is -2.32. The van der Waals surface area contributed by atoms with Crippen molar-refractivity contribution in [3.8, 4) is 6.07 Å². The van der Waals surface area contributed by atoms with E-state index in [2.05, 4.69) is 27.9 Å². The molecule has 0 aromatic heterocycles. The average Bonchev–Trinajstić information content (AvgIpc) is 2.91. The van der Waals surface area contributed by atoms with Crippen LogP contribution >= 0.6 is 0 Å². The summed E-state index contributed by atoms with van der Waals surface area (Å²) in [7, 11) is 1.65. The van der Waals surface area contributed by atoms with Crippen LogP contribution in [0.5, 0.6) is 0 Å². The predicted molar refractivity (Wildman–Crippen MR) is 139 cm³/mol. The number of rotatable bonds is 13. The highest BCUT2D eigenvalue weighted by Gasteiger charge is 2.28. The number of aldehydes is 1. The van der Waals surface area contributed by atoms with Gasteiger partial charge in [0.1, 0.15) is 18.2 Å². The lowest BCUT2D eigenvalue weighted by molar-refractivity contribution is -0.132. The quantitative estimate of drug-likeness (QED) is 0.0955. The standard InChI is InChI=1S/C27H39N5O4/c1-4-5-6-9-22-15-21(18-33)11-12-24(22)25(27(29-3)31-36-19-34)14-20(2)30-17-26(35)32-13-8-7-10-23(32)16-28/h4-5,11-12,15,18,20,23,25,30,34H,6-10,13-14,17,19H2,1-3H3,(H,29,31)/b5-4+/t20-,23?,25?/m1/s1. The number of hydroxylamine groups is 1. The number of nitriles is 1. The molecular formula is C27H39N5O4. The van der Waals surface area contributed by atoms with Gasteiger partial charge in [0.25, 0.3) is 0 Å². The van der Waals surface area contributed by atoms with E-state index < -0.39 is 6.79 Å². The number of aliphatic imine (C=N–C) groups is 1. The highest BCUT2D eigenvalue weighted by molar-refractivity contribution is 5.89. The average molecular weight is 498 g/mol. The molecule has 1 aromatic rings. The molecule has 1 fully saturated rings. The van der Waals surface area contributed by atoms with Gasteiger partial charge < -0.3 is 15.3 Å². The van der Waals surface area contributed by atoms with Crippen molar-refractivity contribution in [1.82, 2.24) is 15.7 Å². The zero-order valence-electron chi connectivity index (χ0n) is 21.6. The Hall–Kier alpha value is -3.06. The summed E-state index contributed by atoms with van der Waals surface area (Å²) in [6.45, 7) is 4.22. The summed E-state index contributed by atoms with van der Waals surface area (Å²) in [6.07, 6.45) is 9.69. The Labute approximate surface area is 214 Å². The number of nitrogens with one attached hydrogen (secondary N) is 2. The van der Waals surface area contributed by atoms with Crippen LogP contribution in [0.3, 0.4) is 0 Å². The van der Waals surface area contributed by atoms with Gasteiger partial charge in [-0.2, -0.15) is 5.26 Å². The summed E-state index contributed by atoms with van der Waals surface area (Å²) in [6, 6.07) is 7.44. The number of aryl methyl sites for hydroxylation is 1. The number of hydrogen-bond donors (Lipinski definition) is 3. The number of aliphatic hydroxyl groups excluding tert-OH is 1. The number of amidine groups is 1. The molecule has 1 amide bonds. The van der Waals surface area contributed by atoms with Gasteiger partial charge in [-0.15, -0.1) is 0 Å². The smallest absolute Gasteiger partial charge is 0.237 e. The molecule has 3 N–H and O–H groups in total. The van der Waals surface area contributed by atoms with Crippen molar-refractivity contribution < 1.29 is 19.5 Å². The largest absolute Gasteiger partial charge is 0.368 e. The van der Waals surface area contributed by atoms with Gasteiger partial charge in [0.15, 0.2) is 6.79 Å². The van der Waals surface area contributed by atoms with Gasteiger partial charge in [-0.3, -0.25) is 20.1 Å². The Morgan fingerprint density at radius 2 is 2.22 bits per heavy atom. The van der Waals surface area contributed by atoms with Crippen molar-refractivity contribution in [3.63, 3.8) is 0 Å². The molecule has 0 aliphatic carbocycles. The Bertz CT molecular complexity index is 956. The van der Waals surface area contributed by atoms with Gasteiger partial charge in [0.05, 0.1) is 12.6 Å². The van der Waals surface area contributed by atoms with E-state index in [1.54, 1.807) is 18.0 Å². The number of hydrogen-bond acceptors (Lipinski definition) is 7. The first-order valence-electron chi connectivity index (χ1n) is 12.6. The molecule has 1 heterocycles. The van der Waals surface area contributed by atoms with E-state index in [0.717, 1.165) is 49.5 Å². The molecule has 3 atom stereocenters. The third-order valence-corrected chi connectivity index (χ3v) is 6.47. The van der Waals surface area contributed by atoms with Crippen LogP contribution in [0.25, 0.3) is 0 Å². The summed E-state index contributed by atoms with van der Waals surface area (Å²) >= 11 is 0. The van der Waals surface area contributed by atoms with Crippen molar-refractivity contribution in [2.45, 2.75) is 70.4 Å². The molecule has 0 bridgehead atoms. The Morgan fingerprint density at radius 1 is 1.42 bits per heavy atom. The molecule has 0 spiro atoms. The molecule has 9 nitrogen and oxygen atoms in total. The summed E-state index contributed by atoms with van der Waals surface area (Å²) < 4.78 is 0. The highest BCUT2D eigenvalue weighted by atomic mass is 16.7. The van der Waals surface area contributed by atoms with Crippen LogP contribution in [0.15, 0.2) is 35.3 Å². The predicted octanol–water partition coefficient (Wildman–Crippen LogP) is 2.86. The van der Waals surface area contributed by atoms with Crippen LogP contribution in [0, 0.1) is 11.3 Å². The van der Waals surface area contributed by atoms with Crippen molar-refractivity contribution in [2.75, 3.05) is 26.9 Å². The first kappa shape index (κ1) is 29.2. The molecule has 1 aliphatic rings. The first-order valence-corrected chi connectivity index (χ1v) is 12.6. The number of likely N-dealkylation sites (tertiary alicyclic amines) is 1. The van der Waals surface area contributed by atoms with Crippen LogP contribution in [-0.4, -0.2) is 67.0 Å². The van der Waals surface area contributed by atoms with Crippen molar-refractivity contribution >= 4 is 18.0 Å². The molecule has 1 saturated heterocycles. The maximum Gasteiger partial charge on any atom is 0.237 e. The Kier molecular flexibility index (Phi) is 12.8.